The molecule has 0 radical (unpaired) electrons. The first-order chi connectivity index (χ1) is 8.98. The molecule has 100 valence electrons. The van der Waals surface area contributed by atoms with Gasteiger partial charge in [0.2, 0.25) is 0 Å². The van der Waals surface area contributed by atoms with Gasteiger partial charge in [0.15, 0.2) is 0 Å². The highest BCUT2D eigenvalue weighted by molar-refractivity contribution is 6.21. The van der Waals surface area contributed by atoms with Crippen LogP contribution >= 0.6 is 11.6 Å². The first-order valence-corrected chi connectivity index (χ1v) is 7.57. The number of rotatable bonds is 0. The van der Waals surface area contributed by atoms with E-state index >= 15 is 0 Å². The maximum absolute atomic E-state index is 6.71. The summed E-state index contributed by atoms with van der Waals surface area (Å²) in [6.07, 6.45) is 3.43. The molecule has 0 N–H and O–H groups in total. The van der Waals surface area contributed by atoms with Gasteiger partial charge in [-0.1, -0.05) is 44.2 Å². The first kappa shape index (κ1) is 13.0. The molecule has 1 aliphatic carbocycles. The van der Waals surface area contributed by atoms with E-state index < -0.39 is 0 Å². The van der Waals surface area contributed by atoms with E-state index in [2.05, 4.69) is 51.1 Å². The van der Waals surface area contributed by atoms with Crippen molar-refractivity contribution in [2.45, 2.75) is 45.4 Å². The number of alkyl halides is 1. The van der Waals surface area contributed by atoms with Gasteiger partial charge < -0.3 is 0 Å². The van der Waals surface area contributed by atoms with Gasteiger partial charge in [0.1, 0.15) is 0 Å². The van der Waals surface area contributed by atoms with Crippen molar-refractivity contribution in [2.75, 3.05) is 0 Å². The van der Waals surface area contributed by atoms with Crippen LogP contribution < -0.4 is 0 Å². The molecule has 0 amide bonds. The van der Waals surface area contributed by atoms with Gasteiger partial charge in [0.25, 0.3) is 0 Å². The van der Waals surface area contributed by atoms with Gasteiger partial charge in [-0.25, -0.2) is 0 Å². The smallest absolute Gasteiger partial charge is 0.0593 e. The van der Waals surface area contributed by atoms with Crippen LogP contribution in [0.15, 0.2) is 30.3 Å². The molecule has 0 spiro atoms. The van der Waals surface area contributed by atoms with Gasteiger partial charge in [0, 0.05) is 0 Å². The Labute approximate surface area is 120 Å². The van der Waals surface area contributed by atoms with Crippen LogP contribution in [-0.4, -0.2) is 0 Å². The van der Waals surface area contributed by atoms with E-state index in [4.69, 9.17) is 11.6 Å². The lowest BCUT2D eigenvalue weighted by atomic mass is 9.84. The summed E-state index contributed by atoms with van der Waals surface area (Å²) in [5, 5.41) is 2.93. The highest BCUT2D eigenvalue weighted by Gasteiger charge is 2.29. The summed E-state index contributed by atoms with van der Waals surface area (Å²) in [6.45, 7) is 6.87. The van der Waals surface area contributed by atoms with Crippen LogP contribution in [-0.2, 0) is 6.42 Å². The lowest BCUT2D eigenvalue weighted by Gasteiger charge is -2.23. The van der Waals surface area contributed by atoms with Crippen molar-refractivity contribution in [1.29, 1.82) is 0 Å². The number of fused-ring (bicyclic) bond motifs is 3. The van der Waals surface area contributed by atoms with Crippen molar-refractivity contribution in [1.82, 2.24) is 0 Å². The lowest BCUT2D eigenvalue weighted by molar-refractivity contribution is 0.313. The lowest BCUT2D eigenvalue weighted by Crippen LogP contribution is -2.11. The summed E-state index contributed by atoms with van der Waals surface area (Å²) in [5.41, 5.74) is 4.52. The van der Waals surface area contributed by atoms with Crippen LogP contribution in [0.2, 0.25) is 0 Å². The molecule has 1 heteroatoms. The Morgan fingerprint density at radius 3 is 2.58 bits per heavy atom. The van der Waals surface area contributed by atoms with E-state index in [0.29, 0.717) is 5.41 Å². The van der Waals surface area contributed by atoms with Crippen LogP contribution in [0.5, 0.6) is 0 Å². The Morgan fingerprint density at radius 2 is 1.84 bits per heavy atom. The van der Waals surface area contributed by atoms with E-state index in [9.17, 15) is 0 Å². The molecular weight excluding hydrogens is 252 g/mol. The summed E-state index contributed by atoms with van der Waals surface area (Å²) in [4.78, 5) is 0. The van der Waals surface area contributed by atoms with Crippen molar-refractivity contribution in [3.8, 4) is 0 Å². The Balaban J connectivity index is 2.26. The third kappa shape index (κ3) is 2.27. The Kier molecular flexibility index (Phi) is 3.09. The third-order valence-electron chi connectivity index (χ3n) is 4.52. The molecule has 0 heterocycles. The van der Waals surface area contributed by atoms with Crippen molar-refractivity contribution >= 4 is 22.4 Å². The number of aryl methyl sites for hydroxylation is 2. The zero-order chi connectivity index (χ0) is 13.6. The summed E-state index contributed by atoms with van der Waals surface area (Å²) in [5.74, 6) is 0. The average Bonchev–Trinajstić information content (AvgIpc) is 2.47. The van der Waals surface area contributed by atoms with Gasteiger partial charge in [-0.05, 0) is 59.1 Å². The highest BCUT2D eigenvalue weighted by atomic mass is 35.5. The van der Waals surface area contributed by atoms with Crippen molar-refractivity contribution in [2.24, 2.45) is 5.41 Å². The van der Waals surface area contributed by atoms with Crippen molar-refractivity contribution in [3.63, 3.8) is 0 Å². The highest BCUT2D eigenvalue weighted by Crippen LogP contribution is 2.44. The molecule has 3 rings (SSSR count). The molecule has 1 atom stereocenters. The average molecular weight is 273 g/mol. The molecule has 1 aliphatic rings. The monoisotopic (exact) mass is 272 g/mol. The Hall–Kier alpha value is -1.01. The molecule has 1 unspecified atom stereocenters. The van der Waals surface area contributed by atoms with Crippen molar-refractivity contribution in [3.05, 3.63) is 47.0 Å². The van der Waals surface area contributed by atoms with Crippen LogP contribution in [0, 0.1) is 12.3 Å². The third-order valence-corrected chi connectivity index (χ3v) is 4.91. The quantitative estimate of drug-likeness (QED) is 0.420. The van der Waals surface area contributed by atoms with E-state index in [1.165, 1.54) is 33.9 Å². The van der Waals surface area contributed by atoms with E-state index in [-0.39, 0.29) is 5.38 Å². The zero-order valence-electron chi connectivity index (χ0n) is 12.0. The summed E-state index contributed by atoms with van der Waals surface area (Å²) >= 11 is 6.71. The minimum atomic E-state index is 0.149. The summed E-state index contributed by atoms with van der Waals surface area (Å²) in [6, 6.07) is 11.1. The normalized spacial score (nSPS) is 22.0. The van der Waals surface area contributed by atoms with Crippen LogP contribution in [0.4, 0.5) is 0 Å². The molecule has 0 aromatic heterocycles. The Morgan fingerprint density at radius 1 is 1.16 bits per heavy atom. The minimum Gasteiger partial charge on any atom is -0.118 e. The van der Waals surface area contributed by atoms with Crippen LogP contribution in [0.25, 0.3) is 10.8 Å². The largest absolute Gasteiger partial charge is 0.118 e. The molecule has 19 heavy (non-hydrogen) atoms. The molecule has 0 aliphatic heterocycles. The molecule has 0 bridgehead atoms. The van der Waals surface area contributed by atoms with Gasteiger partial charge in [-0.15, -0.1) is 11.6 Å². The predicted octanol–water partition coefficient (Wildman–Crippen LogP) is 5.79. The molecule has 0 fully saturated rings. The van der Waals surface area contributed by atoms with Gasteiger partial charge in [-0.3, -0.25) is 0 Å². The number of hydrogen-bond acceptors (Lipinski definition) is 0. The van der Waals surface area contributed by atoms with Crippen LogP contribution in [0.3, 0.4) is 0 Å². The van der Waals surface area contributed by atoms with Gasteiger partial charge >= 0.3 is 0 Å². The molecule has 2 aromatic carbocycles. The van der Waals surface area contributed by atoms with Crippen molar-refractivity contribution < 1.29 is 0 Å². The fourth-order valence-electron chi connectivity index (χ4n) is 3.36. The maximum atomic E-state index is 6.71. The SMILES string of the molecule is Cc1cc2c(c3ccccc13)CCC(C)(C)CC2Cl. The molecule has 0 saturated heterocycles. The topological polar surface area (TPSA) is 0 Å². The van der Waals surface area contributed by atoms with E-state index in [1.807, 2.05) is 0 Å². The molecule has 0 nitrogen and oxygen atoms in total. The van der Waals surface area contributed by atoms with E-state index in [1.54, 1.807) is 0 Å². The molecular formula is C18H21Cl. The summed E-state index contributed by atoms with van der Waals surface area (Å²) in [7, 11) is 0. The van der Waals surface area contributed by atoms with Gasteiger partial charge in [-0.2, -0.15) is 0 Å². The minimum absolute atomic E-state index is 0.149. The van der Waals surface area contributed by atoms with E-state index in [0.717, 1.165) is 12.8 Å². The first-order valence-electron chi connectivity index (χ1n) is 7.13. The fourth-order valence-corrected chi connectivity index (χ4v) is 3.98. The Bertz CT molecular complexity index is 625. The number of hydrogen-bond donors (Lipinski definition) is 0. The second-order valence-electron chi connectivity index (χ2n) is 6.64. The van der Waals surface area contributed by atoms with Gasteiger partial charge in [0.05, 0.1) is 5.38 Å². The number of benzene rings is 2. The molecule has 2 aromatic rings. The maximum Gasteiger partial charge on any atom is 0.0593 e. The molecule has 0 saturated carbocycles. The second-order valence-corrected chi connectivity index (χ2v) is 7.17. The van der Waals surface area contributed by atoms with Crippen LogP contribution in [0.1, 0.15) is 48.8 Å². The number of halogens is 1. The summed E-state index contributed by atoms with van der Waals surface area (Å²) < 4.78 is 0. The zero-order valence-corrected chi connectivity index (χ0v) is 12.7. The fraction of sp³-hybridized carbons (Fsp3) is 0.444. The standard InChI is InChI=1S/C18H21Cl/c1-12-10-16-15(14-7-5-4-6-13(12)14)8-9-18(2,3)11-17(16)19/h4-7,10,17H,8-9,11H2,1-3H3. The predicted molar refractivity (Wildman–Crippen MR) is 84.0 cm³/mol. The second kappa shape index (κ2) is 4.52.